The van der Waals surface area contributed by atoms with Gasteiger partial charge in [-0.15, -0.1) is 0 Å². The van der Waals surface area contributed by atoms with Crippen LogP contribution in [0, 0.1) is 6.92 Å². The van der Waals surface area contributed by atoms with Crippen molar-refractivity contribution in [2.45, 2.75) is 19.4 Å². The molecule has 1 saturated heterocycles. The number of nitrogens with zero attached hydrogens (tertiary/aromatic N) is 7. The van der Waals surface area contributed by atoms with E-state index in [0.717, 1.165) is 0 Å². The highest BCUT2D eigenvalue weighted by Crippen LogP contribution is 2.34. The predicted octanol–water partition coefficient (Wildman–Crippen LogP) is 2.40. The Morgan fingerprint density at radius 3 is 2.84 bits per heavy atom. The van der Waals surface area contributed by atoms with Gasteiger partial charge in [0.1, 0.15) is 17.8 Å². The van der Waals surface area contributed by atoms with E-state index in [0.29, 0.717) is 52.8 Å². The quantitative estimate of drug-likeness (QED) is 0.456. The fraction of sp³-hybridized carbons (Fsp3) is 0.263. The second-order valence-corrected chi connectivity index (χ2v) is 8.18. The zero-order valence-corrected chi connectivity index (χ0v) is 18.3. The Hall–Kier alpha value is -3.44. The van der Waals surface area contributed by atoms with Gasteiger partial charge in [-0.3, -0.25) is 4.79 Å². The third-order valence-corrected chi connectivity index (χ3v) is 5.77. The Kier molecular flexibility index (Phi) is 5.06. The second kappa shape index (κ2) is 7.92. The number of halogens is 2. The molecule has 0 aromatic carbocycles. The van der Waals surface area contributed by atoms with Crippen LogP contribution in [0.2, 0.25) is 10.0 Å². The largest absolute Gasteiger partial charge is 0.380 e. The molecule has 1 aliphatic rings. The van der Waals surface area contributed by atoms with E-state index in [1.54, 1.807) is 24.0 Å². The predicted molar refractivity (Wildman–Crippen MR) is 118 cm³/mol. The van der Waals surface area contributed by atoms with Crippen molar-refractivity contribution in [3.8, 4) is 5.69 Å². The van der Waals surface area contributed by atoms with E-state index >= 15 is 0 Å². The van der Waals surface area contributed by atoms with Crippen LogP contribution >= 0.6 is 23.2 Å². The van der Waals surface area contributed by atoms with Crippen molar-refractivity contribution in [2.75, 3.05) is 23.7 Å². The summed E-state index contributed by atoms with van der Waals surface area (Å²) >= 11 is 12.5. The summed E-state index contributed by atoms with van der Waals surface area (Å²) in [5, 5.41) is 12.1. The van der Waals surface area contributed by atoms with Crippen molar-refractivity contribution in [2.24, 2.45) is 0 Å². The molecule has 5 heterocycles. The summed E-state index contributed by atoms with van der Waals surface area (Å²) in [6, 6.07) is 1.49. The topological polar surface area (TPSA) is 141 Å². The fourth-order valence-electron chi connectivity index (χ4n) is 3.67. The first-order valence-corrected chi connectivity index (χ1v) is 10.5. The van der Waals surface area contributed by atoms with Gasteiger partial charge in [-0.2, -0.15) is 5.10 Å². The highest BCUT2D eigenvalue weighted by atomic mass is 35.5. The minimum absolute atomic E-state index is 0.134. The summed E-state index contributed by atoms with van der Waals surface area (Å²) in [5.41, 5.74) is 7.02. The Morgan fingerprint density at radius 2 is 2.09 bits per heavy atom. The number of anilines is 2. The van der Waals surface area contributed by atoms with E-state index in [1.165, 1.54) is 12.4 Å². The zero-order chi connectivity index (χ0) is 22.4. The van der Waals surface area contributed by atoms with Crippen molar-refractivity contribution in [1.82, 2.24) is 35.2 Å². The summed E-state index contributed by atoms with van der Waals surface area (Å²) in [6.45, 7) is 2.95. The SMILES string of the molecule is Cc1ncn(-c2cnc(C(=O)N[C@@H]3CCN(c4ncc(Cl)c5c(N)noc45)C3)c(Cl)c2)n1. The first kappa shape index (κ1) is 20.5. The molecule has 1 aliphatic heterocycles. The minimum atomic E-state index is -0.360. The van der Waals surface area contributed by atoms with Gasteiger partial charge in [-0.1, -0.05) is 28.4 Å². The average Bonchev–Trinajstić information content (AvgIpc) is 3.49. The van der Waals surface area contributed by atoms with Crippen LogP contribution in [0.1, 0.15) is 22.7 Å². The lowest BCUT2D eigenvalue weighted by atomic mass is 10.2. The van der Waals surface area contributed by atoms with E-state index < -0.39 is 0 Å². The summed E-state index contributed by atoms with van der Waals surface area (Å²) < 4.78 is 6.88. The number of rotatable bonds is 4. The number of aryl methyl sites for hydroxylation is 1. The van der Waals surface area contributed by atoms with Crippen LogP contribution in [0.15, 0.2) is 29.3 Å². The fourth-order valence-corrected chi connectivity index (χ4v) is 4.14. The molecule has 13 heteroatoms. The third-order valence-electron chi connectivity index (χ3n) is 5.20. The highest BCUT2D eigenvalue weighted by molar-refractivity contribution is 6.36. The van der Waals surface area contributed by atoms with E-state index in [2.05, 4.69) is 30.5 Å². The molecule has 0 spiro atoms. The summed E-state index contributed by atoms with van der Waals surface area (Å²) in [7, 11) is 0. The summed E-state index contributed by atoms with van der Waals surface area (Å²) in [4.78, 5) is 27.4. The molecular weight excluding hydrogens is 457 g/mol. The molecule has 0 aliphatic carbocycles. The van der Waals surface area contributed by atoms with Gasteiger partial charge in [-0.05, 0) is 19.4 Å². The van der Waals surface area contributed by atoms with Gasteiger partial charge < -0.3 is 20.5 Å². The van der Waals surface area contributed by atoms with Gasteiger partial charge >= 0.3 is 0 Å². The Labute approximate surface area is 191 Å². The number of nitrogen functional groups attached to an aromatic ring is 1. The molecule has 1 fully saturated rings. The maximum absolute atomic E-state index is 12.8. The molecule has 5 rings (SSSR count). The van der Waals surface area contributed by atoms with Crippen LogP contribution in [-0.4, -0.2) is 54.9 Å². The number of hydrogen-bond acceptors (Lipinski definition) is 9. The molecule has 11 nitrogen and oxygen atoms in total. The first-order chi connectivity index (χ1) is 15.4. The third kappa shape index (κ3) is 3.59. The molecule has 3 N–H and O–H groups in total. The second-order valence-electron chi connectivity index (χ2n) is 7.37. The molecule has 0 saturated carbocycles. The van der Waals surface area contributed by atoms with E-state index in [4.69, 9.17) is 33.5 Å². The van der Waals surface area contributed by atoms with Crippen LogP contribution in [0.5, 0.6) is 0 Å². The molecule has 164 valence electrons. The van der Waals surface area contributed by atoms with Gasteiger partial charge in [0.15, 0.2) is 11.6 Å². The molecule has 4 aromatic rings. The lowest BCUT2D eigenvalue weighted by Crippen LogP contribution is -2.37. The minimum Gasteiger partial charge on any atom is -0.380 e. The molecular formula is C19H17Cl2N9O2. The Morgan fingerprint density at radius 1 is 1.25 bits per heavy atom. The number of fused-ring (bicyclic) bond motifs is 1. The van der Waals surface area contributed by atoms with Gasteiger partial charge in [0.25, 0.3) is 5.91 Å². The Bertz CT molecular complexity index is 1340. The number of aromatic nitrogens is 6. The number of hydrogen-bond donors (Lipinski definition) is 2. The number of pyridine rings is 2. The van der Waals surface area contributed by atoms with Crippen LogP contribution in [-0.2, 0) is 0 Å². The maximum Gasteiger partial charge on any atom is 0.271 e. The molecule has 32 heavy (non-hydrogen) atoms. The van der Waals surface area contributed by atoms with Gasteiger partial charge in [0.05, 0.1) is 27.3 Å². The Balaban J connectivity index is 1.30. The van der Waals surface area contributed by atoms with Crippen molar-refractivity contribution in [3.05, 3.63) is 46.4 Å². The van der Waals surface area contributed by atoms with E-state index in [1.807, 2.05) is 4.90 Å². The van der Waals surface area contributed by atoms with Crippen LogP contribution in [0.25, 0.3) is 16.7 Å². The monoisotopic (exact) mass is 473 g/mol. The highest BCUT2D eigenvalue weighted by Gasteiger charge is 2.29. The van der Waals surface area contributed by atoms with E-state index in [9.17, 15) is 4.79 Å². The molecule has 0 unspecified atom stereocenters. The van der Waals surface area contributed by atoms with Gasteiger partial charge in [0, 0.05) is 25.3 Å². The average molecular weight is 474 g/mol. The van der Waals surface area contributed by atoms with Crippen molar-refractivity contribution < 1.29 is 9.32 Å². The molecule has 1 atom stereocenters. The number of carbonyl (C=O) groups is 1. The van der Waals surface area contributed by atoms with E-state index in [-0.39, 0.29) is 28.5 Å². The maximum atomic E-state index is 12.8. The summed E-state index contributed by atoms with van der Waals surface area (Å²) in [6.07, 6.45) is 5.30. The lowest BCUT2D eigenvalue weighted by Gasteiger charge is -2.18. The normalized spacial score (nSPS) is 16.1. The number of nitrogens with two attached hydrogens (primary N) is 1. The molecule has 1 amide bonds. The van der Waals surface area contributed by atoms with Gasteiger partial charge in [0.2, 0.25) is 5.58 Å². The van der Waals surface area contributed by atoms with Crippen LogP contribution in [0.4, 0.5) is 11.6 Å². The first-order valence-electron chi connectivity index (χ1n) is 9.70. The number of amides is 1. The van der Waals surface area contributed by atoms with Crippen molar-refractivity contribution >= 4 is 51.7 Å². The van der Waals surface area contributed by atoms with Crippen LogP contribution < -0.4 is 16.0 Å². The standard InChI is InChI=1S/C19H17Cl2N9O2/c1-9-25-8-30(27-9)11-4-12(20)15(23-5-11)19(31)26-10-2-3-29(7-10)18-16-14(13(21)6-24-18)17(22)28-32-16/h4-6,8,10H,2-3,7H2,1H3,(H2,22,28)(H,26,31)/t10-/m1/s1. The van der Waals surface area contributed by atoms with Gasteiger partial charge in [-0.25, -0.2) is 19.6 Å². The number of nitrogens with one attached hydrogen (secondary N) is 1. The molecule has 4 aromatic heterocycles. The molecule has 0 bridgehead atoms. The number of carbonyl (C=O) groups excluding carboxylic acids is 1. The molecule has 0 radical (unpaired) electrons. The smallest absolute Gasteiger partial charge is 0.271 e. The van der Waals surface area contributed by atoms with Crippen molar-refractivity contribution in [3.63, 3.8) is 0 Å². The zero-order valence-electron chi connectivity index (χ0n) is 16.8. The lowest BCUT2D eigenvalue weighted by molar-refractivity contribution is 0.0935. The van der Waals surface area contributed by atoms with Crippen molar-refractivity contribution in [1.29, 1.82) is 0 Å². The van der Waals surface area contributed by atoms with Crippen LogP contribution in [0.3, 0.4) is 0 Å². The summed E-state index contributed by atoms with van der Waals surface area (Å²) in [5.74, 6) is 1.05.